The molecule has 0 aliphatic heterocycles. The zero-order valence-corrected chi connectivity index (χ0v) is 11.8. The molecular weight excluding hydrogens is 280 g/mol. The first-order valence-electron chi connectivity index (χ1n) is 5.75. The Morgan fingerprint density at radius 2 is 1.35 bits per heavy atom. The van der Waals surface area contributed by atoms with Gasteiger partial charge in [-0.05, 0) is 35.4 Å². The number of hydrogen-bond acceptors (Lipinski definition) is 4. The highest BCUT2D eigenvalue weighted by atomic mass is 32.2. The summed E-state index contributed by atoms with van der Waals surface area (Å²) in [5.41, 5.74) is 1.61. The van der Waals surface area contributed by atoms with E-state index in [0.29, 0.717) is 11.5 Å². The van der Waals surface area contributed by atoms with Crippen LogP contribution in [-0.2, 0) is 10.1 Å². The van der Waals surface area contributed by atoms with Crippen LogP contribution in [-0.4, -0.2) is 27.2 Å². The predicted molar refractivity (Wildman–Crippen MR) is 74.8 cm³/mol. The Labute approximate surface area is 117 Å². The zero-order valence-electron chi connectivity index (χ0n) is 11.0. The first-order chi connectivity index (χ1) is 9.44. The van der Waals surface area contributed by atoms with Gasteiger partial charge in [-0.3, -0.25) is 4.55 Å². The summed E-state index contributed by atoms with van der Waals surface area (Å²) in [4.78, 5) is -0.142. The van der Waals surface area contributed by atoms with Gasteiger partial charge in [0.05, 0.1) is 19.1 Å². The SMILES string of the molecule is COc1cc(OC)cc(-c2ccc(S(=O)(=O)O)cc2)c1. The molecule has 0 heterocycles. The van der Waals surface area contributed by atoms with Crippen LogP contribution < -0.4 is 9.47 Å². The van der Waals surface area contributed by atoms with Crippen molar-refractivity contribution >= 4 is 10.1 Å². The second-order valence-electron chi connectivity index (χ2n) is 4.10. The fourth-order valence-corrected chi connectivity index (χ4v) is 2.27. The first kappa shape index (κ1) is 14.4. The largest absolute Gasteiger partial charge is 0.497 e. The van der Waals surface area contributed by atoms with Gasteiger partial charge in [-0.1, -0.05) is 12.1 Å². The summed E-state index contributed by atoms with van der Waals surface area (Å²) < 4.78 is 41.3. The third-order valence-electron chi connectivity index (χ3n) is 2.84. The maximum Gasteiger partial charge on any atom is 0.294 e. The summed E-state index contributed by atoms with van der Waals surface area (Å²) in [6.07, 6.45) is 0. The van der Waals surface area contributed by atoms with E-state index in [1.807, 2.05) is 12.1 Å². The average Bonchev–Trinajstić information content (AvgIpc) is 2.46. The highest BCUT2D eigenvalue weighted by Crippen LogP contribution is 2.30. The molecule has 0 atom stereocenters. The molecule has 0 saturated carbocycles. The average molecular weight is 294 g/mol. The van der Waals surface area contributed by atoms with Gasteiger partial charge in [0.25, 0.3) is 10.1 Å². The lowest BCUT2D eigenvalue weighted by atomic mass is 10.1. The van der Waals surface area contributed by atoms with E-state index in [9.17, 15) is 8.42 Å². The van der Waals surface area contributed by atoms with E-state index in [1.54, 1.807) is 32.4 Å². The maximum absolute atomic E-state index is 11.0. The summed E-state index contributed by atoms with van der Waals surface area (Å²) in [5.74, 6) is 1.27. The van der Waals surface area contributed by atoms with Crippen LogP contribution in [0.25, 0.3) is 11.1 Å². The second-order valence-corrected chi connectivity index (χ2v) is 5.52. The van der Waals surface area contributed by atoms with Gasteiger partial charge in [-0.25, -0.2) is 0 Å². The standard InChI is InChI=1S/C14H14O5S/c1-18-12-7-11(8-13(9-12)19-2)10-3-5-14(6-4-10)20(15,16)17/h3-9H,1-2H3,(H,15,16,17). The molecule has 0 aliphatic carbocycles. The lowest BCUT2D eigenvalue weighted by molar-refractivity contribution is 0.394. The van der Waals surface area contributed by atoms with Gasteiger partial charge >= 0.3 is 0 Å². The van der Waals surface area contributed by atoms with E-state index < -0.39 is 10.1 Å². The summed E-state index contributed by atoms with van der Waals surface area (Å²) in [7, 11) is -1.07. The number of hydrogen-bond donors (Lipinski definition) is 1. The van der Waals surface area contributed by atoms with Crippen molar-refractivity contribution in [2.75, 3.05) is 14.2 Å². The van der Waals surface area contributed by atoms with Crippen LogP contribution in [0.1, 0.15) is 0 Å². The van der Waals surface area contributed by atoms with Gasteiger partial charge in [0.2, 0.25) is 0 Å². The molecule has 0 bridgehead atoms. The van der Waals surface area contributed by atoms with Crippen molar-refractivity contribution in [2.45, 2.75) is 4.90 Å². The molecule has 0 radical (unpaired) electrons. The molecule has 0 aromatic heterocycles. The molecule has 5 nitrogen and oxygen atoms in total. The van der Waals surface area contributed by atoms with Gasteiger partial charge in [0.15, 0.2) is 0 Å². The minimum Gasteiger partial charge on any atom is -0.497 e. The third-order valence-corrected chi connectivity index (χ3v) is 3.70. The molecule has 0 aliphatic rings. The first-order valence-corrected chi connectivity index (χ1v) is 7.19. The van der Waals surface area contributed by atoms with Crippen molar-refractivity contribution in [1.82, 2.24) is 0 Å². The Morgan fingerprint density at radius 3 is 1.75 bits per heavy atom. The molecule has 1 N–H and O–H groups in total. The summed E-state index contributed by atoms with van der Waals surface area (Å²) in [6.45, 7) is 0. The molecule has 0 spiro atoms. The summed E-state index contributed by atoms with van der Waals surface area (Å²) >= 11 is 0. The molecule has 2 aromatic carbocycles. The normalized spacial score (nSPS) is 11.2. The molecule has 0 unspecified atom stereocenters. The summed E-state index contributed by atoms with van der Waals surface area (Å²) in [5, 5.41) is 0. The quantitative estimate of drug-likeness (QED) is 0.877. The maximum atomic E-state index is 11.0. The van der Waals surface area contributed by atoms with E-state index in [1.165, 1.54) is 12.1 Å². The Balaban J connectivity index is 2.46. The topological polar surface area (TPSA) is 72.8 Å². The van der Waals surface area contributed by atoms with Crippen molar-refractivity contribution < 1.29 is 22.4 Å². The smallest absolute Gasteiger partial charge is 0.294 e. The van der Waals surface area contributed by atoms with Crippen LogP contribution in [0.2, 0.25) is 0 Å². The van der Waals surface area contributed by atoms with E-state index >= 15 is 0 Å². The Kier molecular flexibility index (Phi) is 3.96. The molecule has 2 aromatic rings. The van der Waals surface area contributed by atoms with Gasteiger partial charge in [0, 0.05) is 6.07 Å². The van der Waals surface area contributed by atoms with Gasteiger partial charge in [-0.15, -0.1) is 0 Å². The minimum atomic E-state index is -4.18. The van der Waals surface area contributed by atoms with Crippen LogP contribution >= 0.6 is 0 Å². The van der Waals surface area contributed by atoms with Crippen molar-refractivity contribution in [3.63, 3.8) is 0 Å². The van der Waals surface area contributed by atoms with Crippen LogP contribution in [0.4, 0.5) is 0 Å². The van der Waals surface area contributed by atoms with E-state index in [4.69, 9.17) is 14.0 Å². The van der Waals surface area contributed by atoms with E-state index in [-0.39, 0.29) is 4.90 Å². The van der Waals surface area contributed by atoms with Crippen LogP contribution in [0.15, 0.2) is 47.4 Å². The number of benzene rings is 2. The van der Waals surface area contributed by atoms with Gasteiger partial charge in [-0.2, -0.15) is 8.42 Å². The monoisotopic (exact) mass is 294 g/mol. The number of rotatable bonds is 4. The number of methoxy groups -OCH3 is 2. The molecule has 2 rings (SSSR count). The van der Waals surface area contributed by atoms with Gasteiger partial charge < -0.3 is 9.47 Å². The molecule has 0 amide bonds. The fraction of sp³-hybridized carbons (Fsp3) is 0.143. The van der Waals surface area contributed by atoms with Crippen molar-refractivity contribution in [3.8, 4) is 22.6 Å². The molecule has 106 valence electrons. The van der Waals surface area contributed by atoms with Gasteiger partial charge in [0.1, 0.15) is 11.5 Å². The lowest BCUT2D eigenvalue weighted by Gasteiger charge is -2.09. The Hall–Kier alpha value is -2.05. The highest BCUT2D eigenvalue weighted by molar-refractivity contribution is 7.85. The van der Waals surface area contributed by atoms with Crippen molar-refractivity contribution in [1.29, 1.82) is 0 Å². The summed E-state index contributed by atoms with van der Waals surface area (Å²) in [6, 6.07) is 11.3. The van der Waals surface area contributed by atoms with Crippen molar-refractivity contribution in [2.24, 2.45) is 0 Å². The molecule has 0 fully saturated rings. The highest BCUT2D eigenvalue weighted by Gasteiger charge is 2.10. The number of ether oxygens (including phenoxy) is 2. The van der Waals surface area contributed by atoms with Crippen LogP contribution in [0.3, 0.4) is 0 Å². The van der Waals surface area contributed by atoms with Crippen LogP contribution in [0, 0.1) is 0 Å². The third kappa shape index (κ3) is 3.09. The van der Waals surface area contributed by atoms with Crippen LogP contribution in [0.5, 0.6) is 11.5 Å². The fourth-order valence-electron chi connectivity index (χ4n) is 1.79. The molecule has 6 heteroatoms. The van der Waals surface area contributed by atoms with E-state index in [2.05, 4.69) is 0 Å². The molecule has 0 saturated heterocycles. The molecule has 20 heavy (non-hydrogen) atoms. The predicted octanol–water partition coefficient (Wildman–Crippen LogP) is 2.62. The zero-order chi connectivity index (χ0) is 14.8. The minimum absolute atomic E-state index is 0.142. The second kappa shape index (κ2) is 5.52. The van der Waals surface area contributed by atoms with E-state index in [0.717, 1.165) is 11.1 Å². The van der Waals surface area contributed by atoms with Crippen molar-refractivity contribution in [3.05, 3.63) is 42.5 Å². The lowest BCUT2D eigenvalue weighted by Crippen LogP contribution is -1.97. The Bertz CT molecular complexity index is 683. The Morgan fingerprint density at radius 1 is 0.850 bits per heavy atom. The molecular formula is C14H14O5S.